The minimum absolute atomic E-state index is 0.0874. The summed E-state index contributed by atoms with van der Waals surface area (Å²) in [7, 11) is 0. The van der Waals surface area contributed by atoms with Gasteiger partial charge in [0.05, 0.1) is 18.7 Å². The van der Waals surface area contributed by atoms with Crippen molar-refractivity contribution in [2.45, 2.75) is 19.4 Å². The second kappa shape index (κ2) is 10.8. The number of ether oxygens (including phenoxy) is 1. The first-order chi connectivity index (χ1) is 17.0. The highest BCUT2D eigenvalue weighted by molar-refractivity contribution is 7.80. The van der Waals surface area contributed by atoms with E-state index in [-0.39, 0.29) is 11.5 Å². The SMILES string of the molecule is CCOc1ccc(NC(=O)C[C@H]2C(=O)N(c3ccccc3)C(=S)N2NC(=O)c2ccccc2)cc1. The monoisotopic (exact) mass is 488 g/mol. The lowest BCUT2D eigenvalue weighted by atomic mass is 10.1. The van der Waals surface area contributed by atoms with Gasteiger partial charge >= 0.3 is 0 Å². The molecule has 2 N–H and O–H groups in total. The predicted octanol–water partition coefficient (Wildman–Crippen LogP) is 3.76. The van der Waals surface area contributed by atoms with Gasteiger partial charge in [0.2, 0.25) is 11.0 Å². The summed E-state index contributed by atoms with van der Waals surface area (Å²) in [5.74, 6) is -0.553. The maximum atomic E-state index is 13.4. The van der Waals surface area contributed by atoms with Gasteiger partial charge in [-0.15, -0.1) is 0 Å². The largest absolute Gasteiger partial charge is 0.494 e. The van der Waals surface area contributed by atoms with Crippen LogP contribution in [0.1, 0.15) is 23.7 Å². The Morgan fingerprint density at radius 2 is 1.57 bits per heavy atom. The first-order valence-electron chi connectivity index (χ1n) is 11.1. The lowest BCUT2D eigenvalue weighted by Gasteiger charge is -2.24. The van der Waals surface area contributed by atoms with Crippen molar-refractivity contribution in [1.29, 1.82) is 0 Å². The van der Waals surface area contributed by atoms with E-state index in [9.17, 15) is 14.4 Å². The molecule has 3 amide bonds. The molecule has 1 heterocycles. The van der Waals surface area contributed by atoms with Gasteiger partial charge in [-0.25, -0.2) is 5.01 Å². The van der Waals surface area contributed by atoms with E-state index in [0.717, 1.165) is 0 Å². The van der Waals surface area contributed by atoms with Gasteiger partial charge in [-0.2, -0.15) is 0 Å². The number of amides is 3. The smallest absolute Gasteiger partial charge is 0.269 e. The molecule has 0 saturated carbocycles. The van der Waals surface area contributed by atoms with E-state index < -0.39 is 23.8 Å². The Morgan fingerprint density at radius 3 is 2.20 bits per heavy atom. The van der Waals surface area contributed by atoms with E-state index in [2.05, 4.69) is 10.7 Å². The van der Waals surface area contributed by atoms with E-state index in [1.165, 1.54) is 9.91 Å². The number of benzene rings is 3. The number of hydrogen-bond donors (Lipinski definition) is 2. The lowest BCUT2D eigenvalue weighted by Crippen LogP contribution is -2.49. The molecule has 0 spiro atoms. The Labute approximate surface area is 208 Å². The Kier molecular flexibility index (Phi) is 7.37. The average molecular weight is 489 g/mol. The topological polar surface area (TPSA) is 91.0 Å². The molecule has 9 heteroatoms. The van der Waals surface area contributed by atoms with Crippen LogP contribution in [0.4, 0.5) is 11.4 Å². The van der Waals surface area contributed by atoms with Gasteiger partial charge in [-0.05, 0) is 67.7 Å². The van der Waals surface area contributed by atoms with Crippen molar-refractivity contribution >= 4 is 46.4 Å². The summed E-state index contributed by atoms with van der Waals surface area (Å²) in [6.45, 7) is 2.43. The number of thiocarbonyl (C=S) groups is 1. The number of hydrazine groups is 1. The number of carbonyl (C=O) groups is 3. The third-order valence-corrected chi connectivity index (χ3v) is 5.69. The van der Waals surface area contributed by atoms with E-state index in [1.807, 2.05) is 13.0 Å². The minimum atomic E-state index is -1.02. The van der Waals surface area contributed by atoms with Gasteiger partial charge in [-0.1, -0.05) is 36.4 Å². The normalized spacial score (nSPS) is 15.2. The molecule has 8 nitrogen and oxygen atoms in total. The van der Waals surface area contributed by atoms with Crippen LogP contribution in [0.2, 0.25) is 0 Å². The molecule has 0 aliphatic carbocycles. The maximum absolute atomic E-state index is 13.4. The summed E-state index contributed by atoms with van der Waals surface area (Å²) in [6, 6.07) is 23.4. The van der Waals surface area contributed by atoms with E-state index in [0.29, 0.717) is 29.3 Å². The molecule has 3 aromatic rings. The van der Waals surface area contributed by atoms with Crippen LogP contribution in [0, 0.1) is 0 Å². The van der Waals surface area contributed by atoms with Crippen LogP contribution in [0.25, 0.3) is 0 Å². The molecule has 1 saturated heterocycles. The highest BCUT2D eigenvalue weighted by Gasteiger charge is 2.45. The molecule has 0 aromatic heterocycles. The first-order valence-corrected chi connectivity index (χ1v) is 11.5. The van der Waals surface area contributed by atoms with Gasteiger partial charge in [0, 0.05) is 11.3 Å². The standard InChI is InChI=1S/C26H24N4O4S/c1-2-34-21-15-13-19(14-16-21)27-23(31)17-22-25(33)29(20-11-7-4-8-12-20)26(35)30(22)28-24(32)18-9-5-3-6-10-18/h3-16,22H,2,17H2,1H3,(H,27,31)(H,28,32)/t22-/m0/s1. The zero-order valence-corrected chi connectivity index (χ0v) is 19.8. The summed E-state index contributed by atoms with van der Waals surface area (Å²) in [4.78, 5) is 40.5. The van der Waals surface area contributed by atoms with Crippen molar-refractivity contribution in [3.8, 4) is 5.75 Å². The molecule has 35 heavy (non-hydrogen) atoms. The summed E-state index contributed by atoms with van der Waals surface area (Å²) >= 11 is 5.56. The van der Waals surface area contributed by atoms with E-state index >= 15 is 0 Å². The molecule has 1 atom stereocenters. The molecular formula is C26H24N4O4S. The predicted molar refractivity (Wildman–Crippen MR) is 137 cm³/mol. The first kappa shape index (κ1) is 23.9. The number of anilines is 2. The van der Waals surface area contributed by atoms with E-state index in [1.54, 1.807) is 78.9 Å². The Hall–Kier alpha value is -4.24. The summed E-state index contributed by atoms with van der Waals surface area (Å²) in [5.41, 5.74) is 4.22. The average Bonchev–Trinajstić information content (AvgIpc) is 3.10. The number of hydrogen-bond acceptors (Lipinski definition) is 5. The molecule has 3 aromatic carbocycles. The number of nitrogens with zero attached hydrogens (tertiary/aromatic N) is 2. The van der Waals surface area contributed by atoms with Gasteiger partial charge in [0.25, 0.3) is 11.8 Å². The fraction of sp³-hybridized carbons (Fsp3) is 0.154. The summed E-state index contributed by atoms with van der Waals surface area (Å²) in [6.07, 6.45) is -0.218. The van der Waals surface area contributed by atoms with Crippen LogP contribution in [-0.4, -0.2) is 40.5 Å². The molecule has 178 valence electrons. The zero-order valence-electron chi connectivity index (χ0n) is 19.0. The lowest BCUT2D eigenvalue weighted by molar-refractivity contribution is -0.124. The van der Waals surface area contributed by atoms with Gasteiger partial charge in [0.15, 0.2) is 0 Å². The van der Waals surface area contributed by atoms with Gasteiger partial charge < -0.3 is 10.1 Å². The second-order valence-corrected chi connectivity index (χ2v) is 8.06. The van der Waals surface area contributed by atoms with Crippen LogP contribution in [0.5, 0.6) is 5.75 Å². The highest BCUT2D eigenvalue weighted by atomic mass is 32.1. The highest BCUT2D eigenvalue weighted by Crippen LogP contribution is 2.26. The van der Waals surface area contributed by atoms with Crippen molar-refractivity contribution < 1.29 is 19.1 Å². The third kappa shape index (κ3) is 5.47. The fourth-order valence-corrected chi connectivity index (χ4v) is 4.03. The van der Waals surface area contributed by atoms with Crippen LogP contribution in [0.15, 0.2) is 84.9 Å². The van der Waals surface area contributed by atoms with Crippen LogP contribution < -0.4 is 20.4 Å². The number of rotatable bonds is 8. The van der Waals surface area contributed by atoms with Crippen LogP contribution in [0.3, 0.4) is 0 Å². The Morgan fingerprint density at radius 1 is 0.943 bits per heavy atom. The van der Waals surface area contributed by atoms with Gasteiger partial charge in [0.1, 0.15) is 11.8 Å². The Bertz CT molecular complexity index is 1220. The number of nitrogens with one attached hydrogen (secondary N) is 2. The molecule has 0 unspecified atom stereocenters. The van der Waals surface area contributed by atoms with Crippen LogP contribution >= 0.6 is 12.2 Å². The number of carbonyl (C=O) groups excluding carboxylic acids is 3. The Balaban J connectivity index is 1.54. The molecular weight excluding hydrogens is 464 g/mol. The van der Waals surface area contributed by atoms with Crippen molar-refractivity contribution in [3.05, 3.63) is 90.5 Å². The zero-order chi connectivity index (χ0) is 24.8. The fourth-order valence-electron chi connectivity index (χ4n) is 3.67. The van der Waals surface area contributed by atoms with Crippen molar-refractivity contribution in [3.63, 3.8) is 0 Å². The van der Waals surface area contributed by atoms with Crippen molar-refractivity contribution in [1.82, 2.24) is 10.4 Å². The number of para-hydroxylation sites is 1. The molecule has 1 aliphatic heterocycles. The molecule has 1 fully saturated rings. The molecule has 0 bridgehead atoms. The summed E-state index contributed by atoms with van der Waals surface area (Å²) < 4.78 is 5.42. The minimum Gasteiger partial charge on any atom is -0.494 e. The molecule has 4 rings (SSSR count). The second-order valence-electron chi connectivity index (χ2n) is 7.69. The molecule has 1 aliphatic rings. The van der Waals surface area contributed by atoms with Gasteiger partial charge in [-0.3, -0.25) is 24.7 Å². The summed E-state index contributed by atoms with van der Waals surface area (Å²) in [5, 5.41) is 4.16. The van der Waals surface area contributed by atoms with Crippen LogP contribution in [-0.2, 0) is 9.59 Å². The quantitative estimate of drug-likeness (QED) is 0.469. The third-order valence-electron chi connectivity index (χ3n) is 5.31. The van der Waals surface area contributed by atoms with Crippen molar-refractivity contribution in [2.24, 2.45) is 0 Å². The molecule has 0 radical (unpaired) electrons. The van der Waals surface area contributed by atoms with E-state index in [4.69, 9.17) is 17.0 Å². The van der Waals surface area contributed by atoms with Crippen molar-refractivity contribution in [2.75, 3.05) is 16.8 Å². The maximum Gasteiger partial charge on any atom is 0.269 e.